The predicted octanol–water partition coefficient (Wildman–Crippen LogP) is 4.84. The summed E-state index contributed by atoms with van der Waals surface area (Å²) in [5.41, 5.74) is 2.80. The Morgan fingerprint density at radius 2 is 1.82 bits per heavy atom. The van der Waals surface area contributed by atoms with Crippen molar-refractivity contribution in [2.75, 3.05) is 38.0 Å². The molecule has 1 aliphatic heterocycles. The van der Waals surface area contributed by atoms with Crippen LogP contribution in [0.4, 0.5) is 5.69 Å². The van der Waals surface area contributed by atoms with E-state index < -0.39 is 0 Å². The number of nitrogens with one attached hydrogen (secondary N) is 1. The Kier molecular flexibility index (Phi) is 7.74. The van der Waals surface area contributed by atoms with Crippen molar-refractivity contribution < 1.29 is 4.79 Å². The fourth-order valence-corrected chi connectivity index (χ4v) is 3.92. The van der Waals surface area contributed by atoms with Gasteiger partial charge in [0.25, 0.3) is 0 Å². The molecule has 150 valence electrons. The lowest BCUT2D eigenvalue weighted by Crippen LogP contribution is -2.38. The van der Waals surface area contributed by atoms with E-state index in [9.17, 15) is 4.79 Å². The highest BCUT2D eigenvalue weighted by Crippen LogP contribution is 2.25. The van der Waals surface area contributed by atoms with E-state index in [0.29, 0.717) is 23.8 Å². The van der Waals surface area contributed by atoms with Gasteiger partial charge in [0, 0.05) is 24.7 Å². The molecule has 0 aromatic heterocycles. The summed E-state index contributed by atoms with van der Waals surface area (Å²) in [7, 11) is 0. The van der Waals surface area contributed by atoms with Gasteiger partial charge in [-0.1, -0.05) is 47.5 Å². The summed E-state index contributed by atoms with van der Waals surface area (Å²) in [6.45, 7) is 7.10. The molecular formula is C22H27Cl2N3O. The molecule has 28 heavy (non-hydrogen) atoms. The van der Waals surface area contributed by atoms with E-state index in [1.165, 1.54) is 12.8 Å². The zero-order chi connectivity index (χ0) is 19.9. The quantitative estimate of drug-likeness (QED) is 0.664. The van der Waals surface area contributed by atoms with Crippen LogP contribution in [0.15, 0.2) is 42.5 Å². The number of amides is 1. The second kappa shape index (κ2) is 10.3. The Bertz CT molecular complexity index is 769. The molecule has 1 N–H and O–H groups in total. The molecule has 0 atom stereocenters. The Morgan fingerprint density at radius 1 is 1.11 bits per heavy atom. The number of rotatable bonds is 8. The maximum absolute atomic E-state index is 12.7. The summed E-state index contributed by atoms with van der Waals surface area (Å²) in [5.74, 6) is -0.0495. The maximum Gasteiger partial charge on any atom is 0.238 e. The van der Waals surface area contributed by atoms with Gasteiger partial charge in [0.05, 0.1) is 17.3 Å². The number of likely N-dealkylation sites (tertiary alicyclic amines) is 1. The van der Waals surface area contributed by atoms with Crippen molar-refractivity contribution in [3.05, 3.63) is 63.6 Å². The fourth-order valence-electron chi connectivity index (χ4n) is 3.52. The van der Waals surface area contributed by atoms with E-state index in [4.69, 9.17) is 23.2 Å². The van der Waals surface area contributed by atoms with E-state index in [1.54, 1.807) is 6.07 Å². The third kappa shape index (κ3) is 6.21. The summed E-state index contributed by atoms with van der Waals surface area (Å²) in [5, 5.41) is 4.27. The van der Waals surface area contributed by atoms with Crippen LogP contribution in [-0.4, -0.2) is 48.4 Å². The number of anilines is 1. The first-order valence-corrected chi connectivity index (χ1v) is 10.5. The minimum Gasteiger partial charge on any atom is -0.323 e. The lowest BCUT2D eigenvalue weighted by Gasteiger charge is -2.25. The third-order valence-electron chi connectivity index (χ3n) is 5.10. The Morgan fingerprint density at radius 3 is 2.50 bits per heavy atom. The minimum atomic E-state index is -0.0495. The van der Waals surface area contributed by atoms with Crippen molar-refractivity contribution in [3.8, 4) is 0 Å². The predicted molar refractivity (Wildman–Crippen MR) is 117 cm³/mol. The number of halogens is 2. The molecule has 0 unspecified atom stereocenters. The van der Waals surface area contributed by atoms with Crippen LogP contribution in [0.3, 0.4) is 0 Å². The van der Waals surface area contributed by atoms with Gasteiger partial charge in [0.15, 0.2) is 0 Å². The van der Waals surface area contributed by atoms with E-state index >= 15 is 0 Å². The first-order chi connectivity index (χ1) is 13.5. The fraction of sp³-hybridized carbons (Fsp3) is 0.409. The van der Waals surface area contributed by atoms with Crippen molar-refractivity contribution in [1.29, 1.82) is 0 Å². The van der Waals surface area contributed by atoms with Gasteiger partial charge in [0.2, 0.25) is 5.91 Å². The van der Waals surface area contributed by atoms with E-state index in [1.807, 2.05) is 43.3 Å². The lowest BCUT2D eigenvalue weighted by atomic mass is 10.2. The van der Waals surface area contributed by atoms with E-state index in [0.717, 1.165) is 42.3 Å². The van der Waals surface area contributed by atoms with E-state index in [2.05, 4.69) is 15.1 Å². The number of para-hydroxylation sites is 1. The van der Waals surface area contributed by atoms with Gasteiger partial charge in [-0.15, -0.1) is 0 Å². The molecule has 1 saturated heterocycles. The first kappa shape index (κ1) is 21.1. The van der Waals surface area contributed by atoms with Gasteiger partial charge in [-0.3, -0.25) is 9.69 Å². The Hall–Kier alpha value is -1.59. The van der Waals surface area contributed by atoms with Crippen molar-refractivity contribution >= 4 is 34.8 Å². The SMILES string of the molecule is Cc1cccc(Cl)c1NC(=O)CN(CCN1CCCC1)Cc1ccc(Cl)cc1. The zero-order valence-electron chi connectivity index (χ0n) is 16.3. The average Bonchev–Trinajstić information content (AvgIpc) is 3.18. The summed E-state index contributed by atoms with van der Waals surface area (Å²) >= 11 is 12.3. The van der Waals surface area contributed by atoms with Crippen LogP contribution in [0.1, 0.15) is 24.0 Å². The largest absolute Gasteiger partial charge is 0.323 e. The smallest absolute Gasteiger partial charge is 0.238 e. The molecule has 1 aliphatic rings. The standard InChI is InChI=1S/C22H27Cl2N3O/c1-17-5-4-6-20(24)22(17)25-21(28)16-27(14-13-26-11-2-3-12-26)15-18-7-9-19(23)10-8-18/h4-10H,2-3,11-16H2,1H3,(H,25,28). The topological polar surface area (TPSA) is 35.6 Å². The summed E-state index contributed by atoms with van der Waals surface area (Å²) < 4.78 is 0. The third-order valence-corrected chi connectivity index (χ3v) is 5.67. The van der Waals surface area contributed by atoms with Gasteiger partial charge >= 0.3 is 0 Å². The van der Waals surface area contributed by atoms with E-state index in [-0.39, 0.29) is 5.91 Å². The molecule has 0 bridgehead atoms. The summed E-state index contributed by atoms with van der Waals surface area (Å²) in [4.78, 5) is 17.4. The van der Waals surface area contributed by atoms with Gasteiger partial charge in [0.1, 0.15) is 0 Å². The zero-order valence-corrected chi connectivity index (χ0v) is 17.8. The molecular weight excluding hydrogens is 393 g/mol. The Labute approximate surface area is 177 Å². The highest BCUT2D eigenvalue weighted by atomic mass is 35.5. The van der Waals surface area contributed by atoms with Crippen LogP contribution in [0.5, 0.6) is 0 Å². The molecule has 2 aromatic carbocycles. The number of nitrogens with zero attached hydrogens (tertiary/aromatic N) is 2. The molecule has 4 nitrogen and oxygen atoms in total. The highest BCUT2D eigenvalue weighted by molar-refractivity contribution is 6.34. The van der Waals surface area contributed by atoms with Crippen LogP contribution in [0, 0.1) is 6.92 Å². The number of benzene rings is 2. The van der Waals surface area contributed by atoms with Crippen LogP contribution in [-0.2, 0) is 11.3 Å². The van der Waals surface area contributed by atoms with Crippen molar-refractivity contribution in [3.63, 3.8) is 0 Å². The van der Waals surface area contributed by atoms with Crippen LogP contribution in [0.2, 0.25) is 10.0 Å². The molecule has 0 saturated carbocycles. The molecule has 0 radical (unpaired) electrons. The van der Waals surface area contributed by atoms with Gasteiger partial charge in [-0.2, -0.15) is 0 Å². The second-order valence-corrected chi connectivity index (χ2v) is 8.21. The maximum atomic E-state index is 12.7. The molecule has 0 aliphatic carbocycles. The highest BCUT2D eigenvalue weighted by Gasteiger charge is 2.17. The summed E-state index contributed by atoms with van der Waals surface area (Å²) in [6, 6.07) is 13.4. The molecule has 3 rings (SSSR count). The number of carbonyl (C=O) groups is 1. The molecule has 2 aromatic rings. The van der Waals surface area contributed by atoms with Crippen LogP contribution >= 0.6 is 23.2 Å². The molecule has 6 heteroatoms. The van der Waals surface area contributed by atoms with Crippen LogP contribution < -0.4 is 5.32 Å². The number of hydrogen-bond donors (Lipinski definition) is 1. The van der Waals surface area contributed by atoms with Crippen LogP contribution in [0.25, 0.3) is 0 Å². The first-order valence-electron chi connectivity index (χ1n) is 9.75. The van der Waals surface area contributed by atoms with Crippen molar-refractivity contribution in [2.24, 2.45) is 0 Å². The minimum absolute atomic E-state index is 0.0495. The van der Waals surface area contributed by atoms with Gasteiger partial charge in [-0.05, 0) is 62.2 Å². The molecule has 0 spiro atoms. The number of carbonyl (C=O) groups excluding carboxylic acids is 1. The second-order valence-electron chi connectivity index (χ2n) is 7.37. The molecule has 1 amide bonds. The average molecular weight is 420 g/mol. The summed E-state index contributed by atoms with van der Waals surface area (Å²) in [6.07, 6.45) is 2.53. The number of hydrogen-bond acceptors (Lipinski definition) is 3. The Balaban J connectivity index is 1.64. The molecule has 1 fully saturated rings. The lowest BCUT2D eigenvalue weighted by molar-refractivity contribution is -0.117. The van der Waals surface area contributed by atoms with Gasteiger partial charge in [-0.25, -0.2) is 0 Å². The van der Waals surface area contributed by atoms with Crippen molar-refractivity contribution in [2.45, 2.75) is 26.3 Å². The van der Waals surface area contributed by atoms with Crippen molar-refractivity contribution in [1.82, 2.24) is 9.80 Å². The normalized spacial score (nSPS) is 14.6. The monoisotopic (exact) mass is 419 g/mol. The molecule has 1 heterocycles. The van der Waals surface area contributed by atoms with Gasteiger partial charge < -0.3 is 10.2 Å². The number of aryl methyl sites for hydroxylation is 1.